The third-order valence-corrected chi connectivity index (χ3v) is 4.34. The molecule has 116 valence electrons. The van der Waals surface area contributed by atoms with Gasteiger partial charge in [-0.1, -0.05) is 0 Å². The molecule has 0 saturated carbocycles. The highest BCUT2D eigenvalue weighted by Crippen LogP contribution is 2.31. The van der Waals surface area contributed by atoms with Gasteiger partial charge in [0.25, 0.3) is 0 Å². The number of ether oxygens (including phenoxy) is 2. The van der Waals surface area contributed by atoms with Gasteiger partial charge in [0.2, 0.25) is 0 Å². The summed E-state index contributed by atoms with van der Waals surface area (Å²) in [4.78, 5) is 14.6. The van der Waals surface area contributed by atoms with E-state index in [4.69, 9.17) is 9.47 Å². The van der Waals surface area contributed by atoms with Crippen molar-refractivity contribution in [3.8, 4) is 5.75 Å². The Hall–Kier alpha value is -1.75. The summed E-state index contributed by atoms with van der Waals surface area (Å²) in [6.07, 6.45) is 1.45. The van der Waals surface area contributed by atoms with Gasteiger partial charge in [-0.2, -0.15) is 0 Å². The lowest BCUT2D eigenvalue weighted by Gasteiger charge is -2.43. The fourth-order valence-corrected chi connectivity index (χ4v) is 2.85. The van der Waals surface area contributed by atoms with Crippen molar-refractivity contribution in [1.29, 1.82) is 0 Å². The number of methoxy groups -OCH3 is 2. The first-order valence-corrected chi connectivity index (χ1v) is 7.21. The van der Waals surface area contributed by atoms with Gasteiger partial charge < -0.3 is 19.7 Å². The number of piperidine rings is 1. The van der Waals surface area contributed by atoms with Gasteiger partial charge in [0.1, 0.15) is 11.3 Å². The summed E-state index contributed by atoms with van der Waals surface area (Å²) < 4.78 is 10.2. The second kappa shape index (κ2) is 6.35. The van der Waals surface area contributed by atoms with E-state index in [-0.39, 0.29) is 5.97 Å². The minimum absolute atomic E-state index is 0.196. The molecule has 0 spiro atoms. The predicted octanol–water partition coefficient (Wildman–Crippen LogP) is 2.13. The second-order valence-corrected chi connectivity index (χ2v) is 5.71. The van der Waals surface area contributed by atoms with Crippen LogP contribution in [0.1, 0.15) is 19.8 Å². The van der Waals surface area contributed by atoms with Crippen molar-refractivity contribution in [3.05, 3.63) is 24.3 Å². The van der Waals surface area contributed by atoms with Gasteiger partial charge in [-0.05, 0) is 51.1 Å². The molecule has 1 saturated heterocycles. The number of hydrogen-bond acceptors (Lipinski definition) is 5. The van der Waals surface area contributed by atoms with Crippen LogP contribution < -0.4 is 10.1 Å². The number of likely N-dealkylation sites (tertiary alicyclic amines) is 1. The van der Waals surface area contributed by atoms with Crippen LogP contribution in [0.2, 0.25) is 0 Å². The van der Waals surface area contributed by atoms with E-state index in [1.165, 1.54) is 7.11 Å². The van der Waals surface area contributed by atoms with E-state index in [9.17, 15) is 4.79 Å². The van der Waals surface area contributed by atoms with Crippen molar-refractivity contribution in [2.75, 3.05) is 33.1 Å². The van der Waals surface area contributed by atoms with Crippen molar-refractivity contribution in [2.24, 2.45) is 0 Å². The molecule has 2 rings (SSSR count). The van der Waals surface area contributed by atoms with E-state index in [1.54, 1.807) is 7.11 Å². The monoisotopic (exact) mass is 292 g/mol. The van der Waals surface area contributed by atoms with Crippen LogP contribution in [0.3, 0.4) is 0 Å². The van der Waals surface area contributed by atoms with Crippen LogP contribution in [0.25, 0.3) is 0 Å². The molecular weight excluding hydrogens is 268 g/mol. The van der Waals surface area contributed by atoms with Gasteiger partial charge in [-0.15, -0.1) is 0 Å². The highest BCUT2D eigenvalue weighted by molar-refractivity contribution is 5.84. The molecule has 0 radical (unpaired) electrons. The topological polar surface area (TPSA) is 50.8 Å². The number of carbonyl (C=O) groups is 1. The number of nitrogens with one attached hydrogen (secondary N) is 1. The van der Waals surface area contributed by atoms with Crippen LogP contribution in [0.5, 0.6) is 5.75 Å². The lowest BCUT2D eigenvalue weighted by molar-refractivity contribution is -0.148. The normalized spacial score (nSPS) is 26.2. The number of carbonyl (C=O) groups excluding carboxylic acids is 1. The largest absolute Gasteiger partial charge is 0.497 e. The highest BCUT2D eigenvalue weighted by atomic mass is 16.5. The Morgan fingerprint density at radius 3 is 2.52 bits per heavy atom. The van der Waals surface area contributed by atoms with Crippen LogP contribution in [0.15, 0.2) is 24.3 Å². The lowest BCUT2D eigenvalue weighted by atomic mass is 9.83. The van der Waals surface area contributed by atoms with Gasteiger partial charge in [0.05, 0.1) is 14.2 Å². The average Bonchev–Trinajstić information content (AvgIpc) is 2.51. The third kappa shape index (κ3) is 3.29. The molecule has 1 aromatic rings. The molecule has 0 aromatic heterocycles. The quantitative estimate of drug-likeness (QED) is 0.862. The third-order valence-electron chi connectivity index (χ3n) is 4.34. The minimum atomic E-state index is -0.657. The SMILES string of the molecule is COC(=O)C1(Nc2ccc(OC)cc2)CCN(C)C(C)C1. The molecule has 2 atom stereocenters. The molecule has 5 nitrogen and oxygen atoms in total. The summed E-state index contributed by atoms with van der Waals surface area (Å²) in [5.41, 5.74) is 0.243. The molecule has 21 heavy (non-hydrogen) atoms. The zero-order chi connectivity index (χ0) is 15.5. The van der Waals surface area contributed by atoms with Crippen LogP contribution in [0.4, 0.5) is 5.69 Å². The van der Waals surface area contributed by atoms with Gasteiger partial charge in [0.15, 0.2) is 0 Å². The molecule has 2 unspecified atom stereocenters. The second-order valence-electron chi connectivity index (χ2n) is 5.71. The summed E-state index contributed by atoms with van der Waals surface area (Å²) in [6, 6.07) is 7.93. The van der Waals surface area contributed by atoms with Gasteiger partial charge >= 0.3 is 5.97 Å². The maximum atomic E-state index is 12.3. The fourth-order valence-electron chi connectivity index (χ4n) is 2.85. The van der Waals surface area contributed by atoms with E-state index in [2.05, 4.69) is 24.2 Å². The van der Waals surface area contributed by atoms with E-state index in [1.807, 2.05) is 24.3 Å². The average molecular weight is 292 g/mol. The van der Waals surface area contributed by atoms with Crippen molar-refractivity contribution < 1.29 is 14.3 Å². The molecule has 1 aliphatic rings. The van der Waals surface area contributed by atoms with E-state index >= 15 is 0 Å². The molecule has 1 N–H and O–H groups in total. The molecule has 5 heteroatoms. The van der Waals surface area contributed by atoms with Crippen LogP contribution in [-0.2, 0) is 9.53 Å². The van der Waals surface area contributed by atoms with Crippen molar-refractivity contribution in [1.82, 2.24) is 4.90 Å². The summed E-state index contributed by atoms with van der Waals surface area (Å²) in [5.74, 6) is 0.600. The predicted molar refractivity (Wildman–Crippen MR) is 82.7 cm³/mol. The fraction of sp³-hybridized carbons (Fsp3) is 0.562. The zero-order valence-corrected chi connectivity index (χ0v) is 13.2. The Bertz CT molecular complexity index is 489. The van der Waals surface area contributed by atoms with Crippen molar-refractivity contribution >= 4 is 11.7 Å². The molecule has 0 amide bonds. The van der Waals surface area contributed by atoms with Crippen LogP contribution in [0, 0.1) is 0 Å². The van der Waals surface area contributed by atoms with Crippen LogP contribution in [-0.4, -0.2) is 50.3 Å². The molecule has 0 aliphatic carbocycles. The minimum Gasteiger partial charge on any atom is -0.497 e. The number of hydrogen-bond donors (Lipinski definition) is 1. The van der Waals surface area contributed by atoms with Gasteiger partial charge in [-0.3, -0.25) is 0 Å². The Balaban J connectivity index is 2.22. The molecule has 1 heterocycles. The van der Waals surface area contributed by atoms with Crippen molar-refractivity contribution in [3.63, 3.8) is 0 Å². The number of esters is 1. The summed E-state index contributed by atoms with van der Waals surface area (Å²) in [6.45, 7) is 2.99. The highest BCUT2D eigenvalue weighted by Gasteiger charge is 2.44. The summed E-state index contributed by atoms with van der Waals surface area (Å²) in [7, 11) is 5.17. The first-order chi connectivity index (χ1) is 10.0. The van der Waals surface area contributed by atoms with Gasteiger partial charge in [-0.25, -0.2) is 4.79 Å². The first kappa shape index (κ1) is 15.6. The molecule has 0 bridgehead atoms. The molecule has 1 aliphatic heterocycles. The Labute approximate surface area is 126 Å². The molecular formula is C16H24N2O3. The van der Waals surface area contributed by atoms with Crippen molar-refractivity contribution in [2.45, 2.75) is 31.3 Å². The number of benzene rings is 1. The van der Waals surface area contributed by atoms with E-state index in [0.29, 0.717) is 6.04 Å². The molecule has 1 fully saturated rings. The Kier molecular flexibility index (Phi) is 4.73. The first-order valence-electron chi connectivity index (χ1n) is 7.21. The zero-order valence-electron chi connectivity index (χ0n) is 13.2. The number of anilines is 1. The standard InChI is InChI=1S/C16H24N2O3/c1-12-11-16(15(19)21-4,9-10-18(12)2)17-13-5-7-14(20-3)8-6-13/h5-8,12,17H,9-11H2,1-4H3. The lowest BCUT2D eigenvalue weighted by Crippen LogP contribution is -2.57. The Morgan fingerprint density at radius 1 is 1.33 bits per heavy atom. The van der Waals surface area contributed by atoms with Crippen LogP contribution >= 0.6 is 0 Å². The molecule has 1 aromatic carbocycles. The number of nitrogens with zero attached hydrogens (tertiary/aromatic N) is 1. The maximum absolute atomic E-state index is 12.3. The van der Waals surface area contributed by atoms with Gasteiger partial charge in [0, 0.05) is 18.3 Å². The maximum Gasteiger partial charge on any atom is 0.331 e. The van der Waals surface area contributed by atoms with E-state index in [0.717, 1.165) is 30.8 Å². The Morgan fingerprint density at radius 2 is 2.00 bits per heavy atom. The summed E-state index contributed by atoms with van der Waals surface area (Å²) in [5, 5.41) is 3.39. The van der Waals surface area contributed by atoms with E-state index < -0.39 is 5.54 Å². The summed E-state index contributed by atoms with van der Waals surface area (Å²) >= 11 is 0. The number of rotatable bonds is 4. The smallest absolute Gasteiger partial charge is 0.331 e.